The maximum Gasteiger partial charge on any atom is 0.252 e. The predicted octanol–water partition coefficient (Wildman–Crippen LogP) is 0.299. The molecule has 0 bridgehead atoms. The quantitative estimate of drug-likeness (QED) is 0.813. The SMILES string of the molecule is COCc1nc(C2COCCN2)no1.Cl. The van der Waals surface area contributed by atoms with Crippen molar-refractivity contribution >= 4 is 12.4 Å². The summed E-state index contributed by atoms with van der Waals surface area (Å²) in [5.41, 5.74) is 0. The molecule has 15 heavy (non-hydrogen) atoms. The van der Waals surface area contributed by atoms with Crippen molar-refractivity contribution in [2.45, 2.75) is 12.6 Å². The summed E-state index contributed by atoms with van der Waals surface area (Å²) in [4.78, 5) is 4.18. The first-order valence-electron chi connectivity index (χ1n) is 4.52. The molecule has 86 valence electrons. The zero-order chi connectivity index (χ0) is 9.80. The first kappa shape index (κ1) is 12.4. The molecule has 1 aliphatic heterocycles. The zero-order valence-electron chi connectivity index (χ0n) is 8.43. The molecule has 1 aromatic rings. The minimum absolute atomic E-state index is 0. The second kappa shape index (κ2) is 6.02. The first-order chi connectivity index (χ1) is 6.90. The van der Waals surface area contributed by atoms with Crippen LogP contribution in [0.1, 0.15) is 17.8 Å². The molecule has 6 nitrogen and oxygen atoms in total. The molecule has 1 aromatic heterocycles. The normalized spacial score (nSPS) is 21.0. The maximum atomic E-state index is 5.29. The van der Waals surface area contributed by atoms with Crippen LogP contribution < -0.4 is 5.32 Å². The van der Waals surface area contributed by atoms with Crippen molar-refractivity contribution in [2.75, 3.05) is 26.9 Å². The van der Waals surface area contributed by atoms with Crippen LogP contribution in [0, 0.1) is 0 Å². The molecule has 0 amide bonds. The third-order valence-corrected chi connectivity index (χ3v) is 1.98. The lowest BCUT2D eigenvalue weighted by Crippen LogP contribution is -2.35. The molecule has 1 atom stereocenters. The van der Waals surface area contributed by atoms with Crippen LogP contribution in [0.15, 0.2) is 4.52 Å². The fourth-order valence-corrected chi connectivity index (χ4v) is 1.32. The van der Waals surface area contributed by atoms with Gasteiger partial charge in [0.25, 0.3) is 5.89 Å². The Balaban J connectivity index is 0.00000112. The van der Waals surface area contributed by atoms with Gasteiger partial charge in [0.2, 0.25) is 0 Å². The molecule has 1 saturated heterocycles. The number of rotatable bonds is 3. The Morgan fingerprint density at radius 2 is 2.47 bits per heavy atom. The Labute approximate surface area is 93.7 Å². The smallest absolute Gasteiger partial charge is 0.252 e. The van der Waals surface area contributed by atoms with Crippen LogP contribution in [0.5, 0.6) is 0 Å². The molecule has 0 saturated carbocycles. The minimum atomic E-state index is 0. The molecule has 1 aliphatic rings. The van der Waals surface area contributed by atoms with E-state index in [4.69, 9.17) is 14.0 Å². The van der Waals surface area contributed by atoms with Gasteiger partial charge in [-0.15, -0.1) is 12.4 Å². The van der Waals surface area contributed by atoms with Gasteiger partial charge in [0.15, 0.2) is 5.82 Å². The summed E-state index contributed by atoms with van der Waals surface area (Å²) < 4.78 is 15.1. The van der Waals surface area contributed by atoms with Gasteiger partial charge in [0.05, 0.1) is 19.3 Å². The number of nitrogens with one attached hydrogen (secondary N) is 1. The second-order valence-electron chi connectivity index (χ2n) is 3.06. The average molecular weight is 236 g/mol. The van der Waals surface area contributed by atoms with Gasteiger partial charge >= 0.3 is 0 Å². The van der Waals surface area contributed by atoms with Gasteiger partial charge in [-0.3, -0.25) is 0 Å². The summed E-state index contributed by atoms with van der Waals surface area (Å²) in [5.74, 6) is 1.13. The summed E-state index contributed by atoms with van der Waals surface area (Å²) in [6, 6.07) is 0.0399. The summed E-state index contributed by atoms with van der Waals surface area (Å²) >= 11 is 0. The van der Waals surface area contributed by atoms with Crippen LogP contribution in [0.4, 0.5) is 0 Å². The molecule has 0 radical (unpaired) electrons. The van der Waals surface area contributed by atoms with E-state index in [1.54, 1.807) is 7.11 Å². The van der Waals surface area contributed by atoms with Crippen molar-refractivity contribution in [1.82, 2.24) is 15.5 Å². The van der Waals surface area contributed by atoms with Gasteiger partial charge in [0.1, 0.15) is 6.61 Å². The maximum absolute atomic E-state index is 5.29. The van der Waals surface area contributed by atoms with E-state index in [0.717, 1.165) is 13.2 Å². The van der Waals surface area contributed by atoms with Gasteiger partial charge in [-0.2, -0.15) is 4.98 Å². The topological polar surface area (TPSA) is 69.4 Å². The number of hydrogen-bond donors (Lipinski definition) is 1. The lowest BCUT2D eigenvalue weighted by atomic mass is 10.2. The lowest BCUT2D eigenvalue weighted by molar-refractivity contribution is 0.0734. The molecule has 7 heteroatoms. The van der Waals surface area contributed by atoms with Gasteiger partial charge < -0.3 is 19.3 Å². The van der Waals surface area contributed by atoms with E-state index < -0.39 is 0 Å². The molecule has 0 spiro atoms. The molecule has 1 unspecified atom stereocenters. The monoisotopic (exact) mass is 235 g/mol. The lowest BCUT2D eigenvalue weighted by Gasteiger charge is -2.20. The Bertz CT molecular complexity index is 288. The van der Waals surface area contributed by atoms with Crippen LogP contribution in [0.25, 0.3) is 0 Å². The summed E-state index contributed by atoms with van der Waals surface area (Å²) in [5, 5.41) is 7.09. The summed E-state index contributed by atoms with van der Waals surface area (Å²) in [6.07, 6.45) is 0. The van der Waals surface area contributed by atoms with Crippen molar-refractivity contribution in [2.24, 2.45) is 0 Å². The number of aromatic nitrogens is 2. The van der Waals surface area contributed by atoms with Crippen LogP contribution in [-0.4, -0.2) is 37.0 Å². The molecule has 2 heterocycles. The standard InChI is InChI=1S/C8H13N3O3.ClH/c1-12-5-7-10-8(11-14-7)6-4-13-3-2-9-6;/h6,9H,2-5H2,1H3;1H. The number of morpholine rings is 1. The molecule has 2 rings (SSSR count). The molecule has 0 aliphatic carbocycles. The van der Waals surface area contributed by atoms with Gasteiger partial charge in [-0.05, 0) is 0 Å². The van der Waals surface area contributed by atoms with Crippen molar-refractivity contribution in [3.8, 4) is 0 Å². The number of methoxy groups -OCH3 is 1. The van der Waals surface area contributed by atoms with Crippen molar-refractivity contribution in [3.63, 3.8) is 0 Å². The Kier molecular flexibility index (Phi) is 4.97. The molecular weight excluding hydrogens is 222 g/mol. The molecule has 1 N–H and O–H groups in total. The number of halogens is 1. The highest BCUT2D eigenvalue weighted by atomic mass is 35.5. The molecule has 1 fully saturated rings. The summed E-state index contributed by atoms with van der Waals surface area (Å²) in [6.45, 7) is 2.49. The van der Waals surface area contributed by atoms with Crippen molar-refractivity contribution < 1.29 is 14.0 Å². The van der Waals surface area contributed by atoms with Crippen LogP contribution in [0.2, 0.25) is 0 Å². The number of nitrogens with zero attached hydrogens (tertiary/aromatic N) is 2. The van der Waals surface area contributed by atoms with E-state index in [9.17, 15) is 0 Å². The third-order valence-electron chi connectivity index (χ3n) is 1.98. The van der Waals surface area contributed by atoms with E-state index in [-0.39, 0.29) is 18.4 Å². The highest BCUT2D eigenvalue weighted by Crippen LogP contribution is 2.12. The third kappa shape index (κ3) is 3.13. The van der Waals surface area contributed by atoms with E-state index in [2.05, 4.69) is 15.5 Å². The largest absolute Gasteiger partial charge is 0.378 e. The Morgan fingerprint density at radius 1 is 1.60 bits per heavy atom. The summed E-state index contributed by atoms with van der Waals surface area (Å²) in [7, 11) is 1.59. The van der Waals surface area contributed by atoms with E-state index in [1.165, 1.54) is 0 Å². The predicted molar refractivity (Wildman–Crippen MR) is 53.8 cm³/mol. The van der Waals surface area contributed by atoms with Gasteiger partial charge in [-0.1, -0.05) is 5.16 Å². The fourth-order valence-electron chi connectivity index (χ4n) is 1.32. The Morgan fingerprint density at radius 3 is 3.13 bits per heavy atom. The second-order valence-corrected chi connectivity index (χ2v) is 3.06. The van der Waals surface area contributed by atoms with Gasteiger partial charge in [-0.25, -0.2) is 0 Å². The van der Waals surface area contributed by atoms with Crippen molar-refractivity contribution in [1.29, 1.82) is 0 Å². The molecule has 0 aromatic carbocycles. The van der Waals surface area contributed by atoms with E-state index >= 15 is 0 Å². The van der Waals surface area contributed by atoms with E-state index in [1.807, 2.05) is 0 Å². The number of hydrogen-bond acceptors (Lipinski definition) is 6. The number of ether oxygens (including phenoxy) is 2. The zero-order valence-corrected chi connectivity index (χ0v) is 9.25. The van der Waals surface area contributed by atoms with E-state index in [0.29, 0.717) is 24.9 Å². The van der Waals surface area contributed by atoms with Crippen LogP contribution >= 0.6 is 12.4 Å². The van der Waals surface area contributed by atoms with Crippen LogP contribution in [-0.2, 0) is 16.1 Å². The Hall–Kier alpha value is -0.690. The fraction of sp³-hybridized carbons (Fsp3) is 0.750. The van der Waals surface area contributed by atoms with Crippen LogP contribution in [0.3, 0.4) is 0 Å². The molecular formula is C8H14ClN3O3. The highest BCUT2D eigenvalue weighted by Gasteiger charge is 2.20. The first-order valence-corrected chi connectivity index (χ1v) is 4.52. The minimum Gasteiger partial charge on any atom is -0.378 e. The van der Waals surface area contributed by atoms with Crippen molar-refractivity contribution in [3.05, 3.63) is 11.7 Å². The average Bonchev–Trinajstić information content (AvgIpc) is 2.68. The van der Waals surface area contributed by atoms with Gasteiger partial charge in [0, 0.05) is 13.7 Å². The highest BCUT2D eigenvalue weighted by molar-refractivity contribution is 5.85.